The summed E-state index contributed by atoms with van der Waals surface area (Å²) in [5.41, 5.74) is 6.15. The number of aryl methyl sites for hydroxylation is 2. The summed E-state index contributed by atoms with van der Waals surface area (Å²) in [5.74, 6) is 3.60. The molecule has 0 heterocycles. The van der Waals surface area contributed by atoms with E-state index in [0.29, 0.717) is 0 Å². The summed E-state index contributed by atoms with van der Waals surface area (Å²) in [4.78, 5) is 0. The molecule has 0 amide bonds. The number of rotatable bonds is 8. The van der Waals surface area contributed by atoms with E-state index in [1.165, 1.54) is 81.8 Å². The Morgan fingerprint density at radius 1 is 0.548 bits per heavy atom. The second-order valence-corrected chi connectivity index (χ2v) is 10.6. The van der Waals surface area contributed by atoms with Crippen LogP contribution in [0.4, 0.5) is 0 Å². The van der Waals surface area contributed by atoms with Crippen LogP contribution < -0.4 is 0 Å². The summed E-state index contributed by atoms with van der Waals surface area (Å²) < 4.78 is 0. The van der Waals surface area contributed by atoms with Gasteiger partial charge in [0.25, 0.3) is 0 Å². The van der Waals surface area contributed by atoms with Crippen molar-refractivity contribution in [3.63, 3.8) is 0 Å². The Morgan fingerprint density at radius 2 is 0.968 bits per heavy atom. The first-order chi connectivity index (χ1) is 15.2. The average molecular weight is 417 g/mol. The number of hydrogen-bond donors (Lipinski definition) is 0. The summed E-state index contributed by atoms with van der Waals surface area (Å²) in [5, 5.41) is 0. The smallest absolute Gasteiger partial charge is 0.0162 e. The molecule has 0 aliphatic heterocycles. The predicted molar refractivity (Wildman–Crippen MR) is 135 cm³/mol. The molecule has 0 saturated heterocycles. The van der Waals surface area contributed by atoms with Gasteiger partial charge in [0.1, 0.15) is 0 Å². The highest BCUT2D eigenvalue weighted by molar-refractivity contribution is 5.29. The molecule has 2 aliphatic carbocycles. The van der Waals surface area contributed by atoms with Crippen LogP contribution in [0.25, 0.3) is 0 Å². The van der Waals surface area contributed by atoms with Crippen molar-refractivity contribution in [1.29, 1.82) is 0 Å². The molecule has 168 valence electrons. The van der Waals surface area contributed by atoms with E-state index in [2.05, 4.69) is 62.4 Å². The Morgan fingerprint density at radius 3 is 1.35 bits per heavy atom. The third-order valence-electron chi connectivity index (χ3n) is 8.57. The van der Waals surface area contributed by atoms with Gasteiger partial charge in [-0.1, -0.05) is 81.6 Å². The van der Waals surface area contributed by atoms with E-state index in [-0.39, 0.29) is 0 Å². The van der Waals surface area contributed by atoms with Crippen LogP contribution in [-0.2, 0) is 12.8 Å². The van der Waals surface area contributed by atoms with Gasteiger partial charge in [0.05, 0.1) is 0 Å². The zero-order chi connectivity index (χ0) is 21.5. The zero-order valence-electron chi connectivity index (χ0n) is 20.1. The Balaban J connectivity index is 1.24. The summed E-state index contributed by atoms with van der Waals surface area (Å²) in [6.45, 7) is 4.68. The molecule has 2 aromatic carbocycles. The highest BCUT2D eigenvalue weighted by atomic mass is 14.3. The third-order valence-corrected chi connectivity index (χ3v) is 8.57. The molecule has 0 unspecified atom stereocenters. The summed E-state index contributed by atoms with van der Waals surface area (Å²) in [6, 6.07) is 19.3. The van der Waals surface area contributed by atoms with Crippen molar-refractivity contribution in [1.82, 2.24) is 0 Å². The normalized spacial score (nSPS) is 26.6. The van der Waals surface area contributed by atoms with Crippen molar-refractivity contribution >= 4 is 0 Å². The van der Waals surface area contributed by atoms with Crippen molar-refractivity contribution in [2.45, 2.75) is 109 Å². The Bertz CT molecular complexity index is 753. The van der Waals surface area contributed by atoms with Gasteiger partial charge < -0.3 is 0 Å². The minimum Gasteiger partial charge on any atom is -0.0654 e. The maximum absolute atomic E-state index is 2.43. The van der Waals surface area contributed by atoms with Crippen LogP contribution in [0, 0.1) is 11.8 Å². The molecule has 0 spiro atoms. The van der Waals surface area contributed by atoms with E-state index >= 15 is 0 Å². The van der Waals surface area contributed by atoms with Gasteiger partial charge in [0.2, 0.25) is 0 Å². The SMILES string of the molecule is CCCC1CCC(c2ccc(CCc3ccc(C4CCC(CC)CC4)cc3)cc2)CC1. The number of hydrogen-bond acceptors (Lipinski definition) is 0. The zero-order valence-corrected chi connectivity index (χ0v) is 20.1. The van der Waals surface area contributed by atoms with E-state index in [1.807, 2.05) is 0 Å². The summed E-state index contributed by atoms with van der Waals surface area (Å²) in [6.07, 6.45) is 17.8. The average Bonchev–Trinajstić information content (AvgIpc) is 2.84. The highest BCUT2D eigenvalue weighted by Crippen LogP contribution is 2.38. The van der Waals surface area contributed by atoms with E-state index in [1.54, 1.807) is 11.1 Å². The van der Waals surface area contributed by atoms with Gasteiger partial charge in [-0.25, -0.2) is 0 Å². The molecular weight excluding hydrogens is 372 g/mol. The lowest BCUT2D eigenvalue weighted by molar-refractivity contribution is 0.308. The van der Waals surface area contributed by atoms with E-state index in [9.17, 15) is 0 Å². The van der Waals surface area contributed by atoms with Gasteiger partial charge in [-0.15, -0.1) is 0 Å². The Labute approximate surface area is 191 Å². The number of benzene rings is 2. The molecule has 0 atom stereocenters. The quantitative estimate of drug-likeness (QED) is 0.402. The van der Waals surface area contributed by atoms with Gasteiger partial charge >= 0.3 is 0 Å². The van der Waals surface area contributed by atoms with Crippen molar-refractivity contribution in [3.8, 4) is 0 Å². The maximum atomic E-state index is 2.43. The minimum atomic E-state index is 0.807. The Hall–Kier alpha value is -1.56. The summed E-state index contributed by atoms with van der Waals surface area (Å²) in [7, 11) is 0. The summed E-state index contributed by atoms with van der Waals surface area (Å²) >= 11 is 0. The van der Waals surface area contributed by atoms with Crippen LogP contribution in [0.5, 0.6) is 0 Å². The standard InChI is InChI=1S/C31H44/c1-3-5-25-10-18-29(19-11-25)31-22-14-27(15-23-31)7-6-26-12-20-30(21-13-26)28-16-8-24(4-2)9-17-28/h12-15,20-25,28-29H,3-11,16-19H2,1-2H3. The molecule has 0 bridgehead atoms. The van der Waals surface area contributed by atoms with Crippen LogP contribution in [0.1, 0.15) is 119 Å². The fraction of sp³-hybridized carbons (Fsp3) is 0.613. The van der Waals surface area contributed by atoms with Gasteiger partial charge in [-0.05, 0) is 110 Å². The monoisotopic (exact) mass is 416 g/mol. The fourth-order valence-corrected chi connectivity index (χ4v) is 6.30. The second kappa shape index (κ2) is 11.3. The van der Waals surface area contributed by atoms with Crippen molar-refractivity contribution in [3.05, 3.63) is 70.8 Å². The van der Waals surface area contributed by atoms with Gasteiger partial charge in [-0.2, -0.15) is 0 Å². The largest absolute Gasteiger partial charge is 0.0654 e. The van der Waals surface area contributed by atoms with Crippen LogP contribution in [0.3, 0.4) is 0 Å². The first-order valence-electron chi connectivity index (χ1n) is 13.4. The molecule has 0 radical (unpaired) electrons. The topological polar surface area (TPSA) is 0 Å². The molecule has 0 nitrogen and oxygen atoms in total. The lowest BCUT2D eigenvalue weighted by Crippen LogP contribution is -2.13. The first-order valence-corrected chi connectivity index (χ1v) is 13.4. The molecule has 2 saturated carbocycles. The van der Waals surface area contributed by atoms with Crippen LogP contribution in [0.15, 0.2) is 48.5 Å². The first kappa shape index (κ1) is 22.6. The Kier molecular flexibility index (Phi) is 8.28. The highest BCUT2D eigenvalue weighted by Gasteiger charge is 2.22. The van der Waals surface area contributed by atoms with Crippen LogP contribution in [-0.4, -0.2) is 0 Å². The molecule has 2 fully saturated rings. The van der Waals surface area contributed by atoms with Gasteiger partial charge in [-0.3, -0.25) is 0 Å². The van der Waals surface area contributed by atoms with Gasteiger partial charge in [0, 0.05) is 0 Å². The molecule has 0 N–H and O–H groups in total. The van der Waals surface area contributed by atoms with Crippen molar-refractivity contribution < 1.29 is 0 Å². The predicted octanol–water partition coefficient (Wildman–Crippen LogP) is 9.23. The fourth-order valence-electron chi connectivity index (χ4n) is 6.30. The third kappa shape index (κ3) is 6.24. The van der Waals surface area contributed by atoms with Crippen molar-refractivity contribution in [2.24, 2.45) is 11.8 Å². The van der Waals surface area contributed by atoms with Crippen molar-refractivity contribution in [2.75, 3.05) is 0 Å². The lowest BCUT2D eigenvalue weighted by Gasteiger charge is -2.28. The molecule has 31 heavy (non-hydrogen) atoms. The molecule has 0 aromatic heterocycles. The maximum Gasteiger partial charge on any atom is -0.0162 e. The lowest BCUT2D eigenvalue weighted by atomic mass is 9.77. The van der Waals surface area contributed by atoms with Gasteiger partial charge in [0.15, 0.2) is 0 Å². The molecule has 2 aliphatic rings. The van der Waals surface area contributed by atoms with E-state index in [0.717, 1.165) is 36.5 Å². The molecule has 2 aromatic rings. The van der Waals surface area contributed by atoms with E-state index < -0.39 is 0 Å². The van der Waals surface area contributed by atoms with E-state index in [4.69, 9.17) is 0 Å². The molecule has 0 heteroatoms. The van der Waals surface area contributed by atoms with Crippen LogP contribution >= 0.6 is 0 Å². The molecular formula is C31H44. The minimum absolute atomic E-state index is 0.807. The van der Waals surface area contributed by atoms with Crippen LogP contribution in [0.2, 0.25) is 0 Å². The molecule has 4 rings (SSSR count). The second-order valence-electron chi connectivity index (χ2n) is 10.6.